The maximum absolute atomic E-state index is 12.3. The molecule has 114 valence electrons. The molecule has 1 rings (SSSR count). The average Bonchev–Trinajstić information content (AvgIpc) is 2.53. The van der Waals surface area contributed by atoms with E-state index in [4.69, 9.17) is 9.47 Å². The number of rotatable bonds is 3. The molecule has 5 heteroatoms. The van der Waals surface area contributed by atoms with Gasteiger partial charge >= 0.3 is 12.1 Å². The van der Waals surface area contributed by atoms with E-state index in [0.29, 0.717) is 19.4 Å². The van der Waals surface area contributed by atoms with Crippen molar-refractivity contribution in [2.24, 2.45) is 0 Å². The van der Waals surface area contributed by atoms with Crippen LogP contribution in [-0.2, 0) is 14.3 Å². The highest BCUT2D eigenvalue weighted by molar-refractivity contribution is 5.86. The van der Waals surface area contributed by atoms with Crippen LogP contribution in [0.2, 0.25) is 0 Å². The van der Waals surface area contributed by atoms with Crippen molar-refractivity contribution in [3.63, 3.8) is 0 Å². The van der Waals surface area contributed by atoms with Gasteiger partial charge in [0.2, 0.25) is 0 Å². The van der Waals surface area contributed by atoms with Crippen LogP contribution >= 0.6 is 0 Å². The largest absolute Gasteiger partial charge is 0.464 e. The van der Waals surface area contributed by atoms with Crippen molar-refractivity contribution < 1.29 is 19.1 Å². The predicted molar refractivity (Wildman–Crippen MR) is 76.3 cm³/mol. The molecule has 0 aromatic carbocycles. The van der Waals surface area contributed by atoms with Crippen molar-refractivity contribution in [3.8, 4) is 0 Å². The summed E-state index contributed by atoms with van der Waals surface area (Å²) in [5, 5.41) is 2.74. The monoisotopic (exact) mass is 283 g/mol. The van der Waals surface area contributed by atoms with Gasteiger partial charge < -0.3 is 14.8 Å². The van der Waals surface area contributed by atoms with Crippen LogP contribution in [0.5, 0.6) is 0 Å². The third-order valence-corrected chi connectivity index (χ3v) is 3.05. The standard InChI is InChI=1S/C15H25NO4/c1-5-19-12(17)15(10-8-6-7-9-11-15)16-13(18)20-14(2,3)4/h6-7H,5,8-11H2,1-4H3,(H,16,18). The molecule has 0 spiro atoms. The molecule has 0 bridgehead atoms. The van der Waals surface area contributed by atoms with Gasteiger partial charge in [0.15, 0.2) is 0 Å². The lowest BCUT2D eigenvalue weighted by atomic mass is 9.90. The number of alkyl carbamates (subject to hydrolysis) is 1. The fourth-order valence-corrected chi connectivity index (χ4v) is 2.17. The predicted octanol–water partition coefficient (Wildman–Crippen LogP) is 2.94. The van der Waals surface area contributed by atoms with Gasteiger partial charge in [0.25, 0.3) is 0 Å². The molecular weight excluding hydrogens is 258 g/mol. The zero-order valence-electron chi connectivity index (χ0n) is 12.8. The highest BCUT2D eigenvalue weighted by Gasteiger charge is 2.41. The zero-order valence-corrected chi connectivity index (χ0v) is 12.8. The van der Waals surface area contributed by atoms with E-state index in [9.17, 15) is 9.59 Å². The molecule has 0 saturated heterocycles. The summed E-state index contributed by atoms with van der Waals surface area (Å²) in [4.78, 5) is 24.2. The van der Waals surface area contributed by atoms with Crippen molar-refractivity contribution in [2.45, 2.75) is 64.5 Å². The molecule has 0 atom stereocenters. The van der Waals surface area contributed by atoms with E-state index in [2.05, 4.69) is 5.32 Å². The fourth-order valence-electron chi connectivity index (χ4n) is 2.17. The summed E-state index contributed by atoms with van der Waals surface area (Å²) in [5.74, 6) is -0.380. The van der Waals surface area contributed by atoms with E-state index in [-0.39, 0.29) is 5.97 Å². The van der Waals surface area contributed by atoms with Crippen LogP contribution in [0.3, 0.4) is 0 Å². The molecule has 0 unspecified atom stereocenters. The first-order chi connectivity index (χ1) is 9.29. The number of carbonyl (C=O) groups is 2. The molecule has 0 heterocycles. The average molecular weight is 283 g/mol. The molecule has 0 radical (unpaired) electrons. The summed E-state index contributed by atoms with van der Waals surface area (Å²) in [5.41, 5.74) is -1.58. The van der Waals surface area contributed by atoms with E-state index in [1.165, 1.54) is 0 Å². The van der Waals surface area contributed by atoms with E-state index in [0.717, 1.165) is 12.8 Å². The summed E-state index contributed by atoms with van der Waals surface area (Å²) in [6.07, 6.45) is 5.99. The Morgan fingerprint density at radius 3 is 2.20 bits per heavy atom. The molecule has 5 nitrogen and oxygen atoms in total. The SMILES string of the molecule is CCOC(=O)C1(NC(=O)OC(C)(C)C)CCC=CCC1. The van der Waals surface area contributed by atoms with Gasteiger partial charge in [-0.05, 0) is 53.4 Å². The summed E-state index contributed by atoms with van der Waals surface area (Å²) >= 11 is 0. The second kappa shape index (κ2) is 6.77. The maximum atomic E-state index is 12.3. The highest BCUT2D eigenvalue weighted by Crippen LogP contribution is 2.26. The van der Waals surface area contributed by atoms with Crippen molar-refractivity contribution >= 4 is 12.1 Å². The summed E-state index contributed by atoms with van der Waals surface area (Å²) in [6, 6.07) is 0. The Bertz CT molecular complexity index is 372. The van der Waals surface area contributed by atoms with Crippen LogP contribution < -0.4 is 5.32 Å². The lowest BCUT2D eigenvalue weighted by Gasteiger charge is -2.32. The molecule has 0 saturated carbocycles. The first-order valence-corrected chi connectivity index (χ1v) is 7.12. The molecule has 1 amide bonds. The van der Waals surface area contributed by atoms with Crippen molar-refractivity contribution in [3.05, 3.63) is 12.2 Å². The minimum Gasteiger partial charge on any atom is -0.464 e. The summed E-state index contributed by atoms with van der Waals surface area (Å²) in [7, 11) is 0. The number of hydrogen-bond acceptors (Lipinski definition) is 4. The molecule has 0 aromatic rings. The Morgan fingerprint density at radius 1 is 1.20 bits per heavy atom. The topological polar surface area (TPSA) is 64.6 Å². The number of allylic oxidation sites excluding steroid dienone is 2. The van der Waals surface area contributed by atoms with Crippen LogP contribution in [0, 0.1) is 0 Å². The smallest absolute Gasteiger partial charge is 0.408 e. The Labute approximate surface area is 120 Å². The Hall–Kier alpha value is -1.52. The molecule has 0 aliphatic heterocycles. The fraction of sp³-hybridized carbons (Fsp3) is 0.733. The number of amides is 1. The van der Waals surface area contributed by atoms with Gasteiger partial charge in [-0.2, -0.15) is 0 Å². The Balaban J connectivity index is 2.82. The number of nitrogens with one attached hydrogen (secondary N) is 1. The molecule has 1 N–H and O–H groups in total. The van der Waals surface area contributed by atoms with Crippen molar-refractivity contribution in [1.82, 2.24) is 5.32 Å². The van der Waals surface area contributed by atoms with E-state index in [1.54, 1.807) is 27.7 Å². The maximum Gasteiger partial charge on any atom is 0.408 e. The Morgan fingerprint density at radius 2 is 1.75 bits per heavy atom. The highest BCUT2D eigenvalue weighted by atomic mass is 16.6. The van der Waals surface area contributed by atoms with Gasteiger partial charge in [0.05, 0.1) is 6.61 Å². The number of carbonyl (C=O) groups excluding carboxylic acids is 2. The third-order valence-electron chi connectivity index (χ3n) is 3.05. The minimum atomic E-state index is -0.984. The van der Waals surface area contributed by atoms with Crippen molar-refractivity contribution in [2.75, 3.05) is 6.61 Å². The van der Waals surface area contributed by atoms with Gasteiger partial charge in [-0.1, -0.05) is 12.2 Å². The third kappa shape index (κ3) is 4.87. The second-order valence-corrected chi connectivity index (χ2v) is 5.98. The molecule has 0 fully saturated rings. The van der Waals surface area contributed by atoms with Gasteiger partial charge in [-0.15, -0.1) is 0 Å². The van der Waals surface area contributed by atoms with Crippen LogP contribution in [-0.4, -0.2) is 29.8 Å². The molecular formula is C15H25NO4. The van der Waals surface area contributed by atoms with Crippen molar-refractivity contribution in [1.29, 1.82) is 0 Å². The number of hydrogen-bond donors (Lipinski definition) is 1. The van der Waals surface area contributed by atoms with Crippen LogP contribution in [0.25, 0.3) is 0 Å². The van der Waals surface area contributed by atoms with Gasteiger partial charge in [0, 0.05) is 0 Å². The summed E-state index contributed by atoms with van der Waals surface area (Å²) < 4.78 is 10.4. The lowest BCUT2D eigenvalue weighted by molar-refractivity contribution is -0.151. The van der Waals surface area contributed by atoms with Gasteiger partial charge in [-0.3, -0.25) is 0 Å². The first kappa shape index (κ1) is 16.5. The first-order valence-electron chi connectivity index (χ1n) is 7.12. The van der Waals surface area contributed by atoms with Crippen LogP contribution in [0.4, 0.5) is 4.79 Å². The molecule has 20 heavy (non-hydrogen) atoms. The minimum absolute atomic E-state index is 0.296. The van der Waals surface area contributed by atoms with E-state index in [1.807, 2.05) is 12.2 Å². The van der Waals surface area contributed by atoms with Crippen LogP contribution in [0.1, 0.15) is 53.4 Å². The quantitative estimate of drug-likeness (QED) is 0.639. The van der Waals surface area contributed by atoms with E-state index < -0.39 is 17.2 Å². The number of ether oxygens (including phenoxy) is 2. The molecule has 1 aliphatic carbocycles. The summed E-state index contributed by atoms with van der Waals surface area (Å²) in [6.45, 7) is 7.42. The zero-order chi connectivity index (χ0) is 15.2. The second-order valence-electron chi connectivity index (χ2n) is 5.98. The van der Waals surface area contributed by atoms with Gasteiger partial charge in [0.1, 0.15) is 11.1 Å². The van der Waals surface area contributed by atoms with Gasteiger partial charge in [-0.25, -0.2) is 9.59 Å². The normalized spacial score (nSPS) is 18.0. The molecule has 0 aromatic heterocycles. The van der Waals surface area contributed by atoms with E-state index >= 15 is 0 Å². The number of esters is 1. The lowest BCUT2D eigenvalue weighted by Crippen LogP contribution is -2.56. The molecule has 1 aliphatic rings. The van der Waals surface area contributed by atoms with Crippen LogP contribution in [0.15, 0.2) is 12.2 Å². The Kier molecular flexibility index (Phi) is 5.60.